The van der Waals surface area contributed by atoms with Crippen molar-refractivity contribution < 1.29 is 19.1 Å². The Labute approximate surface area is 95.6 Å². The van der Waals surface area contributed by atoms with E-state index in [4.69, 9.17) is 9.47 Å². The van der Waals surface area contributed by atoms with Gasteiger partial charge in [0.05, 0.1) is 25.9 Å². The SMILES string of the molecule is C=C(OC)C1(CC=O)CCC(C(=O)OC)C1. The maximum absolute atomic E-state index is 11.4. The molecule has 1 aliphatic carbocycles. The van der Waals surface area contributed by atoms with Gasteiger partial charge in [-0.25, -0.2) is 0 Å². The van der Waals surface area contributed by atoms with Crippen LogP contribution in [0.3, 0.4) is 0 Å². The molecule has 0 aromatic rings. The van der Waals surface area contributed by atoms with Crippen molar-refractivity contribution in [2.24, 2.45) is 11.3 Å². The molecule has 0 aromatic carbocycles. The van der Waals surface area contributed by atoms with Crippen molar-refractivity contribution in [2.45, 2.75) is 25.7 Å². The summed E-state index contributed by atoms with van der Waals surface area (Å²) in [6, 6.07) is 0. The normalized spacial score (nSPS) is 28.5. The highest BCUT2D eigenvalue weighted by Crippen LogP contribution is 2.49. The Morgan fingerprint density at radius 3 is 2.69 bits per heavy atom. The van der Waals surface area contributed by atoms with Crippen LogP contribution >= 0.6 is 0 Å². The lowest BCUT2D eigenvalue weighted by molar-refractivity contribution is -0.145. The molecular weight excluding hydrogens is 208 g/mol. The molecule has 16 heavy (non-hydrogen) atoms. The highest BCUT2D eigenvalue weighted by molar-refractivity contribution is 5.73. The number of carbonyl (C=O) groups excluding carboxylic acids is 2. The number of ether oxygens (including phenoxy) is 2. The number of esters is 1. The van der Waals surface area contributed by atoms with Crippen LogP contribution in [0.5, 0.6) is 0 Å². The van der Waals surface area contributed by atoms with E-state index >= 15 is 0 Å². The average Bonchev–Trinajstić information content (AvgIpc) is 2.73. The van der Waals surface area contributed by atoms with Gasteiger partial charge in [-0.1, -0.05) is 6.58 Å². The molecule has 4 nitrogen and oxygen atoms in total. The second kappa shape index (κ2) is 5.14. The van der Waals surface area contributed by atoms with Crippen LogP contribution in [-0.2, 0) is 19.1 Å². The Morgan fingerprint density at radius 2 is 2.19 bits per heavy atom. The molecular formula is C12H18O4. The Balaban J connectivity index is 2.79. The summed E-state index contributed by atoms with van der Waals surface area (Å²) in [6.07, 6.45) is 3.28. The maximum atomic E-state index is 11.4. The van der Waals surface area contributed by atoms with Gasteiger partial charge in [-0.05, 0) is 19.3 Å². The van der Waals surface area contributed by atoms with Crippen molar-refractivity contribution in [3.8, 4) is 0 Å². The lowest BCUT2D eigenvalue weighted by Crippen LogP contribution is -2.23. The van der Waals surface area contributed by atoms with Crippen molar-refractivity contribution in [1.29, 1.82) is 0 Å². The van der Waals surface area contributed by atoms with Crippen molar-refractivity contribution in [3.05, 3.63) is 12.3 Å². The van der Waals surface area contributed by atoms with Crippen molar-refractivity contribution >= 4 is 12.3 Å². The third-order valence-corrected chi connectivity index (χ3v) is 3.45. The number of hydrogen-bond acceptors (Lipinski definition) is 4. The molecule has 2 unspecified atom stereocenters. The summed E-state index contributed by atoms with van der Waals surface area (Å²) in [7, 11) is 2.92. The molecule has 0 radical (unpaired) electrons. The molecule has 90 valence electrons. The molecule has 0 saturated heterocycles. The van der Waals surface area contributed by atoms with Gasteiger partial charge in [0.25, 0.3) is 0 Å². The molecule has 0 heterocycles. The quantitative estimate of drug-likeness (QED) is 0.406. The lowest BCUT2D eigenvalue weighted by Gasteiger charge is -2.28. The molecule has 0 N–H and O–H groups in total. The first-order valence-corrected chi connectivity index (χ1v) is 5.34. The molecule has 0 bridgehead atoms. The zero-order valence-corrected chi connectivity index (χ0v) is 9.82. The first kappa shape index (κ1) is 12.7. The van der Waals surface area contributed by atoms with E-state index in [1.54, 1.807) is 7.11 Å². The largest absolute Gasteiger partial charge is 0.501 e. The summed E-state index contributed by atoms with van der Waals surface area (Å²) in [6.45, 7) is 3.83. The number of hydrogen-bond donors (Lipinski definition) is 0. The third-order valence-electron chi connectivity index (χ3n) is 3.45. The standard InChI is InChI=1S/C12H18O4/c1-9(15-2)12(6-7-13)5-4-10(8-12)11(14)16-3/h7,10H,1,4-6,8H2,2-3H3. The smallest absolute Gasteiger partial charge is 0.308 e. The van der Waals surface area contributed by atoms with Crippen LogP contribution in [0.4, 0.5) is 0 Å². The van der Waals surface area contributed by atoms with Gasteiger partial charge < -0.3 is 14.3 Å². The molecule has 0 spiro atoms. The fraction of sp³-hybridized carbons (Fsp3) is 0.667. The molecule has 1 fully saturated rings. The van der Waals surface area contributed by atoms with Gasteiger partial charge in [0.15, 0.2) is 0 Å². The minimum Gasteiger partial charge on any atom is -0.501 e. The van der Waals surface area contributed by atoms with E-state index in [1.165, 1.54) is 7.11 Å². The van der Waals surface area contributed by atoms with Crippen LogP contribution in [-0.4, -0.2) is 26.5 Å². The average molecular weight is 226 g/mol. The minimum atomic E-state index is -0.380. The third kappa shape index (κ3) is 2.26. The van der Waals surface area contributed by atoms with Gasteiger partial charge in [-0.2, -0.15) is 0 Å². The fourth-order valence-corrected chi connectivity index (χ4v) is 2.42. The van der Waals surface area contributed by atoms with Gasteiger partial charge in [0.2, 0.25) is 0 Å². The Hall–Kier alpha value is -1.32. The number of carbonyl (C=O) groups is 2. The van der Waals surface area contributed by atoms with Crippen LogP contribution in [0, 0.1) is 11.3 Å². The molecule has 0 aromatic heterocycles. The predicted octanol–water partition coefficient (Wildman–Crippen LogP) is 1.70. The van der Waals surface area contributed by atoms with Crippen LogP contribution in [0.2, 0.25) is 0 Å². The maximum Gasteiger partial charge on any atom is 0.308 e. The summed E-state index contributed by atoms with van der Waals surface area (Å²) in [5.74, 6) is 0.236. The number of methoxy groups -OCH3 is 2. The van der Waals surface area contributed by atoms with E-state index in [0.29, 0.717) is 18.6 Å². The Bertz CT molecular complexity index is 297. The molecule has 1 aliphatic rings. The summed E-state index contributed by atoms with van der Waals surface area (Å²) in [5, 5.41) is 0. The molecule has 1 rings (SSSR count). The van der Waals surface area contributed by atoms with Gasteiger partial charge in [0, 0.05) is 11.8 Å². The second-order valence-corrected chi connectivity index (χ2v) is 4.24. The van der Waals surface area contributed by atoms with E-state index in [-0.39, 0.29) is 17.3 Å². The first-order chi connectivity index (χ1) is 7.59. The van der Waals surface area contributed by atoms with Crippen LogP contribution in [0.25, 0.3) is 0 Å². The van der Waals surface area contributed by atoms with Gasteiger partial charge >= 0.3 is 5.97 Å². The topological polar surface area (TPSA) is 52.6 Å². The number of rotatable bonds is 5. The lowest BCUT2D eigenvalue weighted by atomic mass is 9.80. The molecule has 0 amide bonds. The van der Waals surface area contributed by atoms with E-state index in [1.807, 2.05) is 0 Å². The molecule has 0 aliphatic heterocycles. The zero-order chi connectivity index (χ0) is 12.2. The fourth-order valence-electron chi connectivity index (χ4n) is 2.42. The first-order valence-electron chi connectivity index (χ1n) is 5.34. The van der Waals surface area contributed by atoms with E-state index < -0.39 is 0 Å². The van der Waals surface area contributed by atoms with Gasteiger partial charge in [0.1, 0.15) is 6.29 Å². The second-order valence-electron chi connectivity index (χ2n) is 4.24. The number of aldehydes is 1. The summed E-state index contributed by atoms with van der Waals surface area (Å²) in [5.41, 5.74) is -0.380. The highest BCUT2D eigenvalue weighted by atomic mass is 16.5. The van der Waals surface area contributed by atoms with E-state index in [0.717, 1.165) is 19.1 Å². The van der Waals surface area contributed by atoms with Crippen molar-refractivity contribution in [2.75, 3.05) is 14.2 Å². The van der Waals surface area contributed by atoms with Crippen LogP contribution in [0.1, 0.15) is 25.7 Å². The Morgan fingerprint density at radius 1 is 1.50 bits per heavy atom. The summed E-state index contributed by atoms with van der Waals surface area (Å²) in [4.78, 5) is 22.2. The van der Waals surface area contributed by atoms with Gasteiger partial charge in [-0.15, -0.1) is 0 Å². The number of allylic oxidation sites excluding steroid dienone is 1. The molecule has 2 atom stereocenters. The Kier molecular flexibility index (Phi) is 4.10. The molecule has 4 heteroatoms. The highest BCUT2D eigenvalue weighted by Gasteiger charge is 2.44. The van der Waals surface area contributed by atoms with Gasteiger partial charge in [-0.3, -0.25) is 4.79 Å². The van der Waals surface area contributed by atoms with Crippen molar-refractivity contribution in [1.82, 2.24) is 0 Å². The van der Waals surface area contributed by atoms with E-state index in [2.05, 4.69) is 6.58 Å². The molecule has 1 saturated carbocycles. The zero-order valence-electron chi connectivity index (χ0n) is 9.82. The minimum absolute atomic E-state index is 0.142. The van der Waals surface area contributed by atoms with E-state index in [9.17, 15) is 9.59 Å². The monoisotopic (exact) mass is 226 g/mol. The predicted molar refractivity (Wildman–Crippen MR) is 58.6 cm³/mol. The summed E-state index contributed by atoms with van der Waals surface area (Å²) < 4.78 is 9.87. The van der Waals surface area contributed by atoms with Crippen LogP contribution in [0.15, 0.2) is 12.3 Å². The summed E-state index contributed by atoms with van der Waals surface area (Å²) >= 11 is 0. The van der Waals surface area contributed by atoms with Crippen LogP contribution < -0.4 is 0 Å². The van der Waals surface area contributed by atoms with Crippen molar-refractivity contribution in [3.63, 3.8) is 0 Å².